The van der Waals surface area contributed by atoms with Crippen LogP contribution in [0.25, 0.3) is 11.3 Å². The van der Waals surface area contributed by atoms with Gasteiger partial charge < -0.3 is 14.9 Å². The van der Waals surface area contributed by atoms with Crippen LogP contribution in [-0.4, -0.2) is 10.3 Å². The molecule has 0 atom stereocenters. The average Bonchev–Trinajstić information content (AvgIpc) is 2.88. The minimum Gasteiger partial charge on any atom is -0.491 e. The van der Waals surface area contributed by atoms with E-state index in [-0.39, 0.29) is 11.7 Å². The molecule has 22 heavy (non-hydrogen) atoms. The van der Waals surface area contributed by atoms with Gasteiger partial charge in [-0.3, -0.25) is 0 Å². The van der Waals surface area contributed by atoms with Gasteiger partial charge in [-0.25, -0.2) is 4.39 Å². The van der Waals surface area contributed by atoms with Crippen LogP contribution in [0, 0.1) is 16.3 Å². The molecule has 1 aromatic heterocycles. The molecule has 0 radical (unpaired) electrons. The van der Waals surface area contributed by atoms with E-state index in [0.717, 1.165) is 14.8 Å². The molecule has 1 heterocycles. The van der Waals surface area contributed by atoms with Crippen molar-refractivity contribution in [3.8, 4) is 17.2 Å². The lowest BCUT2D eigenvalue weighted by atomic mass is 10.1. The summed E-state index contributed by atoms with van der Waals surface area (Å²) in [5, 5.41) is 16.0. The Labute approximate surface area is 140 Å². The molecule has 0 bridgehead atoms. The predicted molar refractivity (Wildman–Crippen MR) is 90.7 cm³/mol. The molecule has 0 spiro atoms. The van der Waals surface area contributed by atoms with Crippen LogP contribution in [0.1, 0.15) is 5.56 Å². The fraction of sp³-hybridized carbons (Fsp3) is 0.0625. The Hall–Kier alpha value is -2.09. The Morgan fingerprint density at radius 2 is 1.95 bits per heavy atom. The maximum atomic E-state index is 13.6. The summed E-state index contributed by atoms with van der Waals surface area (Å²) in [4.78, 5) is 0. The molecule has 0 unspecified atom stereocenters. The second kappa shape index (κ2) is 5.96. The molecule has 3 aromatic rings. The van der Waals surface area contributed by atoms with Crippen LogP contribution in [0.4, 0.5) is 15.8 Å². The van der Waals surface area contributed by atoms with Gasteiger partial charge in [-0.05, 0) is 76.6 Å². The van der Waals surface area contributed by atoms with Crippen molar-refractivity contribution in [1.82, 2.24) is 5.16 Å². The van der Waals surface area contributed by atoms with Gasteiger partial charge in [0.25, 0.3) is 5.88 Å². The fourth-order valence-corrected chi connectivity index (χ4v) is 2.79. The summed E-state index contributed by atoms with van der Waals surface area (Å²) in [6, 6.07) is 11.6. The molecule has 2 N–H and O–H groups in total. The Morgan fingerprint density at radius 3 is 2.64 bits per heavy atom. The molecule has 6 heteroatoms. The summed E-state index contributed by atoms with van der Waals surface area (Å²) in [5.41, 5.74) is 3.08. The molecule has 0 fully saturated rings. The lowest BCUT2D eigenvalue weighted by Gasteiger charge is -2.13. The number of nitrogens with one attached hydrogen (secondary N) is 1. The molecular weight excluding hydrogens is 398 g/mol. The van der Waals surface area contributed by atoms with Gasteiger partial charge in [0, 0.05) is 20.9 Å². The summed E-state index contributed by atoms with van der Waals surface area (Å²) >= 11 is 2.24. The number of hydrogen-bond donors (Lipinski definition) is 2. The predicted octanol–water partition coefficient (Wildman–Crippen LogP) is 4.84. The quantitative estimate of drug-likeness (QED) is 0.607. The van der Waals surface area contributed by atoms with E-state index in [1.165, 1.54) is 18.2 Å². The van der Waals surface area contributed by atoms with Crippen molar-refractivity contribution in [2.75, 3.05) is 5.32 Å². The molecule has 0 aliphatic heterocycles. The largest absolute Gasteiger partial charge is 0.491 e. The van der Waals surface area contributed by atoms with Crippen LogP contribution in [0.5, 0.6) is 5.88 Å². The summed E-state index contributed by atoms with van der Waals surface area (Å²) in [6.07, 6.45) is 0. The van der Waals surface area contributed by atoms with E-state index in [4.69, 9.17) is 4.52 Å². The molecule has 0 amide bonds. The Balaban J connectivity index is 2.04. The first-order valence-electron chi connectivity index (χ1n) is 6.52. The van der Waals surface area contributed by atoms with Crippen molar-refractivity contribution in [3.05, 3.63) is 57.4 Å². The van der Waals surface area contributed by atoms with Gasteiger partial charge in [0.15, 0.2) is 5.76 Å². The van der Waals surface area contributed by atoms with Crippen LogP contribution < -0.4 is 5.32 Å². The highest BCUT2D eigenvalue weighted by molar-refractivity contribution is 14.1. The lowest BCUT2D eigenvalue weighted by Crippen LogP contribution is -1.96. The second-order valence-corrected chi connectivity index (χ2v) is 6.07. The number of aromatic nitrogens is 1. The summed E-state index contributed by atoms with van der Waals surface area (Å²) in [6.45, 7) is 1.98. The zero-order valence-corrected chi connectivity index (χ0v) is 13.8. The maximum absolute atomic E-state index is 13.6. The van der Waals surface area contributed by atoms with Crippen LogP contribution in [0.15, 0.2) is 47.0 Å². The number of halogens is 2. The minimum atomic E-state index is -0.363. The normalized spacial score (nSPS) is 10.7. The van der Waals surface area contributed by atoms with Crippen LogP contribution in [-0.2, 0) is 0 Å². The number of nitrogens with zero attached hydrogens (tertiary/aromatic N) is 1. The van der Waals surface area contributed by atoms with Crippen molar-refractivity contribution in [2.45, 2.75) is 6.92 Å². The minimum absolute atomic E-state index is 0.212. The summed E-state index contributed by atoms with van der Waals surface area (Å²) in [7, 11) is 0. The van der Waals surface area contributed by atoms with Gasteiger partial charge in [0.1, 0.15) is 5.82 Å². The second-order valence-electron chi connectivity index (χ2n) is 4.82. The molecule has 2 aromatic carbocycles. The molecule has 3 rings (SSSR count). The van der Waals surface area contributed by atoms with E-state index in [1.807, 2.05) is 25.1 Å². The Bertz CT molecular complexity index is 833. The monoisotopic (exact) mass is 410 g/mol. The van der Waals surface area contributed by atoms with Gasteiger partial charge in [-0.15, -0.1) is 0 Å². The molecule has 0 aliphatic carbocycles. The van der Waals surface area contributed by atoms with Crippen LogP contribution in [0.3, 0.4) is 0 Å². The molecule has 4 nitrogen and oxygen atoms in total. The highest BCUT2D eigenvalue weighted by Crippen LogP contribution is 2.33. The van der Waals surface area contributed by atoms with Gasteiger partial charge in [0.2, 0.25) is 0 Å². The van der Waals surface area contributed by atoms with E-state index in [2.05, 4.69) is 33.1 Å². The van der Waals surface area contributed by atoms with Crippen LogP contribution in [0.2, 0.25) is 0 Å². The molecule has 0 aliphatic rings. The lowest BCUT2D eigenvalue weighted by molar-refractivity contribution is 0.365. The van der Waals surface area contributed by atoms with E-state index < -0.39 is 0 Å². The van der Waals surface area contributed by atoms with Crippen molar-refractivity contribution in [1.29, 1.82) is 0 Å². The SMILES string of the molecule is Cc1cc(I)ccc1Nc1cc(F)ccc1-c1cc(O)no1. The fourth-order valence-electron chi connectivity index (χ4n) is 2.14. The number of aromatic hydroxyl groups is 1. The highest BCUT2D eigenvalue weighted by atomic mass is 127. The molecule has 112 valence electrons. The van der Waals surface area contributed by atoms with Crippen LogP contribution >= 0.6 is 22.6 Å². The van der Waals surface area contributed by atoms with E-state index in [9.17, 15) is 9.50 Å². The van der Waals surface area contributed by atoms with Crippen molar-refractivity contribution in [2.24, 2.45) is 0 Å². The molecular formula is C16H12FIN2O2. The van der Waals surface area contributed by atoms with Crippen molar-refractivity contribution >= 4 is 34.0 Å². The number of anilines is 2. The zero-order valence-electron chi connectivity index (χ0n) is 11.6. The Kier molecular flexibility index (Phi) is 4.02. The molecule has 0 saturated heterocycles. The Morgan fingerprint density at radius 1 is 1.14 bits per heavy atom. The highest BCUT2D eigenvalue weighted by Gasteiger charge is 2.13. The summed E-state index contributed by atoms with van der Waals surface area (Å²) in [5.74, 6) is -0.211. The third kappa shape index (κ3) is 3.06. The third-order valence-electron chi connectivity index (χ3n) is 3.20. The van der Waals surface area contributed by atoms with Gasteiger partial charge in [-0.1, -0.05) is 0 Å². The van der Waals surface area contributed by atoms with Gasteiger partial charge in [0.05, 0.1) is 5.69 Å². The molecule has 0 saturated carbocycles. The topological polar surface area (TPSA) is 58.3 Å². The van der Waals surface area contributed by atoms with E-state index >= 15 is 0 Å². The summed E-state index contributed by atoms with van der Waals surface area (Å²) < 4.78 is 19.8. The first-order valence-corrected chi connectivity index (χ1v) is 7.59. The van der Waals surface area contributed by atoms with Gasteiger partial charge in [-0.2, -0.15) is 0 Å². The third-order valence-corrected chi connectivity index (χ3v) is 3.87. The standard InChI is InChI=1S/C16H12FIN2O2/c1-9-6-11(18)3-5-13(9)19-14-7-10(17)2-4-12(14)15-8-16(21)20-22-15/h2-8,19H,1H3,(H,20,21). The van der Waals surface area contributed by atoms with Crippen molar-refractivity contribution in [3.63, 3.8) is 0 Å². The first-order chi connectivity index (χ1) is 10.5. The van der Waals surface area contributed by atoms with E-state index in [1.54, 1.807) is 6.07 Å². The van der Waals surface area contributed by atoms with Crippen molar-refractivity contribution < 1.29 is 14.0 Å². The number of benzene rings is 2. The zero-order chi connectivity index (χ0) is 15.7. The van der Waals surface area contributed by atoms with E-state index in [0.29, 0.717) is 17.0 Å². The number of hydrogen-bond acceptors (Lipinski definition) is 4. The maximum Gasteiger partial charge on any atom is 0.252 e. The average molecular weight is 410 g/mol. The smallest absolute Gasteiger partial charge is 0.252 e. The first kappa shape index (κ1) is 14.8. The number of aryl methyl sites for hydroxylation is 1. The number of rotatable bonds is 3. The van der Waals surface area contributed by atoms with Gasteiger partial charge >= 0.3 is 0 Å².